The fraction of sp³-hybridized carbons (Fsp3) is 0.526. The first kappa shape index (κ1) is 23.1. The van der Waals surface area contributed by atoms with Gasteiger partial charge >= 0.3 is 0 Å². The molecule has 1 aromatic carbocycles. The second-order valence-corrected chi connectivity index (χ2v) is 7.26. The van der Waals surface area contributed by atoms with Crippen molar-refractivity contribution in [2.75, 3.05) is 39.7 Å². The van der Waals surface area contributed by atoms with E-state index < -0.39 is 0 Å². The lowest BCUT2D eigenvalue weighted by Gasteiger charge is -2.36. The standard InChI is InChI=1S/C19H29N3O2S.HI/c1-4-11-24-17-8-6-5-7-16(17)14-21-18(20-2)22-15-19(25-3)9-12-23-13-10-19;/h4-8H,1,9-15H2,2-3H3,(H2,20,21,22);1H. The van der Waals surface area contributed by atoms with Crippen LogP contribution in [0.25, 0.3) is 0 Å². The molecule has 0 aromatic heterocycles. The van der Waals surface area contributed by atoms with Crippen molar-refractivity contribution in [3.8, 4) is 5.75 Å². The van der Waals surface area contributed by atoms with Gasteiger partial charge in [-0.3, -0.25) is 4.99 Å². The van der Waals surface area contributed by atoms with Crippen molar-refractivity contribution in [2.45, 2.75) is 24.1 Å². The zero-order valence-corrected chi connectivity index (χ0v) is 18.8. The summed E-state index contributed by atoms with van der Waals surface area (Å²) in [7, 11) is 1.80. The Hall–Kier alpha value is -0.930. The smallest absolute Gasteiger partial charge is 0.191 e. The van der Waals surface area contributed by atoms with Gasteiger partial charge in [0, 0.05) is 43.7 Å². The van der Waals surface area contributed by atoms with Gasteiger partial charge in [-0.25, -0.2) is 0 Å². The molecule has 1 aliphatic rings. The van der Waals surface area contributed by atoms with Gasteiger partial charge in [-0.15, -0.1) is 24.0 Å². The summed E-state index contributed by atoms with van der Waals surface area (Å²) in [5.41, 5.74) is 1.10. The molecule has 0 bridgehead atoms. The molecule has 26 heavy (non-hydrogen) atoms. The van der Waals surface area contributed by atoms with Gasteiger partial charge in [0.05, 0.1) is 0 Å². The second kappa shape index (κ2) is 12.5. The van der Waals surface area contributed by atoms with Crippen molar-refractivity contribution >= 4 is 41.7 Å². The summed E-state index contributed by atoms with van der Waals surface area (Å²) < 4.78 is 11.4. The van der Waals surface area contributed by atoms with Gasteiger partial charge in [-0.1, -0.05) is 30.9 Å². The van der Waals surface area contributed by atoms with Crippen LogP contribution in [-0.4, -0.2) is 50.4 Å². The topological polar surface area (TPSA) is 54.9 Å². The van der Waals surface area contributed by atoms with Crippen molar-refractivity contribution in [3.63, 3.8) is 0 Å². The van der Waals surface area contributed by atoms with Gasteiger partial charge < -0.3 is 20.1 Å². The van der Waals surface area contributed by atoms with Crippen molar-refractivity contribution in [1.29, 1.82) is 0 Å². The number of aliphatic imine (C=N–C) groups is 1. The van der Waals surface area contributed by atoms with E-state index in [1.807, 2.05) is 30.0 Å². The highest BCUT2D eigenvalue weighted by Crippen LogP contribution is 2.32. The first-order valence-electron chi connectivity index (χ1n) is 8.62. The molecule has 5 nitrogen and oxygen atoms in total. The highest BCUT2D eigenvalue weighted by Gasteiger charge is 2.31. The third-order valence-corrected chi connectivity index (χ3v) is 5.83. The highest BCUT2D eigenvalue weighted by molar-refractivity contribution is 14.0. The quantitative estimate of drug-likeness (QED) is 0.253. The summed E-state index contributed by atoms with van der Waals surface area (Å²) in [6.07, 6.45) is 6.06. The summed E-state index contributed by atoms with van der Waals surface area (Å²) in [6, 6.07) is 8.02. The number of guanidine groups is 1. The Morgan fingerprint density at radius 2 is 2.08 bits per heavy atom. The SMILES string of the molecule is C=CCOc1ccccc1CNC(=NC)NCC1(SC)CCOCC1.I. The number of para-hydroxylation sites is 1. The lowest BCUT2D eigenvalue weighted by Crippen LogP contribution is -2.47. The van der Waals surface area contributed by atoms with Gasteiger partial charge in [0.2, 0.25) is 0 Å². The Kier molecular flexibility index (Phi) is 11.1. The van der Waals surface area contributed by atoms with E-state index in [2.05, 4.69) is 34.5 Å². The Labute approximate surface area is 178 Å². The van der Waals surface area contributed by atoms with Crippen LogP contribution in [0.1, 0.15) is 18.4 Å². The zero-order chi connectivity index (χ0) is 18.0. The third-order valence-electron chi connectivity index (χ3n) is 4.41. The molecule has 1 aromatic rings. The fourth-order valence-corrected chi connectivity index (χ4v) is 3.57. The molecule has 2 rings (SSSR count). The maximum atomic E-state index is 5.71. The predicted molar refractivity (Wildman–Crippen MR) is 122 cm³/mol. The molecule has 1 heterocycles. The van der Waals surface area contributed by atoms with Crippen LogP contribution in [0.15, 0.2) is 41.9 Å². The monoisotopic (exact) mass is 491 g/mol. The van der Waals surface area contributed by atoms with Crippen molar-refractivity contribution in [1.82, 2.24) is 10.6 Å². The van der Waals surface area contributed by atoms with Crippen molar-refractivity contribution < 1.29 is 9.47 Å². The Morgan fingerprint density at radius 1 is 1.35 bits per heavy atom. The first-order valence-corrected chi connectivity index (χ1v) is 9.84. The molecule has 0 spiro atoms. The third kappa shape index (κ3) is 7.00. The lowest BCUT2D eigenvalue weighted by atomic mass is 9.99. The zero-order valence-electron chi connectivity index (χ0n) is 15.6. The Bertz CT molecular complexity index is 578. The van der Waals surface area contributed by atoms with Crippen LogP contribution in [-0.2, 0) is 11.3 Å². The number of nitrogens with zero attached hydrogens (tertiary/aromatic N) is 1. The van der Waals surface area contributed by atoms with Crippen LogP contribution < -0.4 is 15.4 Å². The van der Waals surface area contributed by atoms with Crippen LogP contribution in [0, 0.1) is 0 Å². The maximum absolute atomic E-state index is 5.71. The number of hydrogen-bond acceptors (Lipinski definition) is 4. The van der Waals surface area contributed by atoms with Crippen molar-refractivity contribution in [3.05, 3.63) is 42.5 Å². The molecule has 7 heteroatoms. The van der Waals surface area contributed by atoms with Crippen LogP contribution in [0.3, 0.4) is 0 Å². The van der Waals surface area contributed by atoms with Gasteiger partial charge in [0.15, 0.2) is 5.96 Å². The largest absolute Gasteiger partial charge is 0.489 e. The Balaban J connectivity index is 0.00000338. The molecule has 146 valence electrons. The molecule has 0 radical (unpaired) electrons. The van der Waals surface area contributed by atoms with E-state index in [-0.39, 0.29) is 28.7 Å². The molecule has 0 unspecified atom stereocenters. The van der Waals surface area contributed by atoms with Crippen LogP contribution in [0.5, 0.6) is 5.75 Å². The Morgan fingerprint density at radius 3 is 2.73 bits per heavy atom. The van der Waals surface area contributed by atoms with Crippen molar-refractivity contribution in [2.24, 2.45) is 4.99 Å². The summed E-state index contributed by atoms with van der Waals surface area (Å²) in [5.74, 6) is 1.67. The normalized spacial score (nSPS) is 16.3. The van der Waals surface area contributed by atoms with Crippen LogP contribution in [0.4, 0.5) is 0 Å². The highest BCUT2D eigenvalue weighted by atomic mass is 127. The number of benzene rings is 1. The van der Waals surface area contributed by atoms with Gasteiger partial charge in [-0.2, -0.15) is 11.8 Å². The fourth-order valence-electron chi connectivity index (χ4n) is 2.78. The minimum absolute atomic E-state index is 0. The van der Waals surface area contributed by atoms with E-state index >= 15 is 0 Å². The summed E-state index contributed by atoms with van der Waals surface area (Å²) in [5, 5.41) is 6.85. The van der Waals surface area contributed by atoms with Gasteiger partial charge in [-0.05, 0) is 25.2 Å². The number of rotatable bonds is 8. The summed E-state index contributed by atoms with van der Waals surface area (Å²) in [4.78, 5) is 4.34. The second-order valence-electron chi connectivity index (χ2n) is 5.99. The molecule has 1 aliphatic heterocycles. The molecule has 0 atom stereocenters. The average Bonchev–Trinajstić information content (AvgIpc) is 2.68. The van der Waals surface area contributed by atoms with E-state index in [4.69, 9.17) is 9.47 Å². The number of thioether (sulfide) groups is 1. The maximum Gasteiger partial charge on any atom is 0.191 e. The van der Waals surface area contributed by atoms with Crippen LogP contribution in [0.2, 0.25) is 0 Å². The molecule has 1 saturated heterocycles. The van der Waals surface area contributed by atoms with E-state index in [1.165, 1.54) is 0 Å². The van der Waals surface area contributed by atoms with Gasteiger partial charge in [0.25, 0.3) is 0 Å². The molecule has 0 aliphatic carbocycles. The summed E-state index contributed by atoms with van der Waals surface area (Å²) in [6.45, 7) is 7.41. The number of nitrogens with one attached hydrogen (secondary N) is 2. The lowest BCUT2D eigenvalue weighted by molar-refractivity contribution is 0.0783. The molecule has 0 saturated carbocycles. The molecular formula is C19H30IN3O2S. The van der Waals surface area contributed by atoms with E-state index in [0.717, 1.165) is 49.9 Å². The van der Waals surface area contributed by atoms with E-state index in [0.29, 0.717) is 13.2 Å². The molecular weight excluding hydrogens is 461 g/mol. The molecule has 1 fully saturated rings. The summed E-state index contributed by atoms with van der Waals surface area (Å²) >= 11 is 1.92. The minimum Gasteiger partial charge on any atom is -0.489 e. The molecule has 2 N–H and O–H groups in total. The average molecular weight is 491 g/mol. The minimum atomic E-state index is 0. The first-order chi connectivity index (χ1) is 12.2. The van der Waals surface area contributed by atoms with E-state index in [9.17, 15) is 0 Å². The van der Waals surface area contributed by atoms with Crippen LogP contribution >= 0.6 is 35.7 Å². The number of hydrogen-bond donors (Lipinski definition) is 2. The number of ether oxygens (including phenoxy) is 2. The molecule has 0 amide bonds. The van der Waals surface area contributed by atoms with Gasteiger partial charge in [0.1, 0.15) is 12.4 Å². The van der Waals surface area contributed by atoms with E-state index in [1.54, 1.807) is 13.1 Å². The number of halogens is 1. The predicted octanol–water partition coefficient (Wildman–Crippen LogP) is 3.45.